The molecule has 2 rings (SSSR count). The third kappa shape index (κ3) is 4.18. The van der Waals surface area contributed by atoms with Crippen LogP contribution >= 0.6 is 15.9 Å². The lowest BCUT2D eigenvalue weighted by Gasteiger charge is -2.31. The third-order valence-electron chi connectivity index (χ3n) is 3.38. The van der Waals surface area contributed by atoms with Crippen molar-refractivity contribution in [3.05, 3.63) is 40.4 Å². The highest BCUT2D eigenvalue weighted by atomic mass is 79.9. The number of aliphatic hydroxyl groups is 1. The van der Waals surface area contributed by atoms with Crippen LogP contribution in [0.4, 0.5) is 0 Å². The average molecular weight is 324 g/mol. The van der Waals surface area contributed by atoms with Crippen molar-refractivity contribution in [3.8, 4) is 0 Å². The van der Waals surface area contributed by atoms with Crippen molar-refractivity contribution in [1.29, 1.82) is 0 Å². The molecule has 0 aliphatic carbocycles. The molecular weight excluding hydrogens is 306 g/mol. The van der Waals surface area contributed by atoms with Gasteiger partial charge in [0, 0.05) is 30.2 Å². The first-order chi connectivity index (χ1) is 9.19. The van der Waals surface area contributed by atoms with Crippen LogP contribution in [0, 0.1) is 5.92 Å². The highest BCUT2D eigenvalue weighted by Crippen LogP contribution is 2.16. The lowest BCUT2D eigenvalue weighted by atomic mass is 9.99. The van der Waals surface area contributed by atoms with Crippen LogP contribution in [0.15, 0.2) is 34.8 Å². The lowest BCUT2D eigenvalue weighted by Crippen LogP contribution is -2.40. The number of hydrogen-bond donors (Lipinski definition) is 1. The monoisotopic (exact) mass is 323 g/mol. The predicted octanol–water partition coefficient (Wildman–Crippen LogP) is 2.69. The highest BCUT2D eigenvalue weighted by Gasteiger charge is 2.21. The molecule has 1 amide bonds. The molecule has 3 nitrogen and oxygen atoms in total. The van der Waals surface area contributed by atoms with Gasteiger partial charge in [-0.25, -0.2) is 0 Å². The van der Waals surface area contributed by atoms with Crippen LogP contribution < -0.4 is 0 Å². The summed E-state index contributed by atoms with van der Waals surface area (Å²) in [7, 11) is 0. The van der Waals surface area contributed by atoms with Crippen LogP contribution in [0.1, 0.15) is 18.4 Å². The quantitative estimate of drug-likeness (QED) is 0.869. The summed E-state index contributed by atoms with van der Waals surface area (Å²) in [4.78, 5) is 13.9. The molecule has 1 aromatic carbocycles. The minimum absolute atomic E-state index is 0.0288. The van der Waals surface area contributed by atoms with Gasteiger partial charge in [-0.3, -0.25) is 4.79 Å². The number of benzene rings is 1. The van der Waals surface area contributed by atoms with E-state index in [0.717, 1.165) is 29.4 Å². The fraction of sp³-hybridized carbons (Fsp3) is 0.400. The maximum Gasteiger partial charge on any atom is 0.246 e. The van der Waals surface area contributed by atoms with E-state index < -0.39 is 0 Å². The topological polar surface area (TPSA) is 40.5 Å². The van der Waals surface area contributed by atoms with Crippen molar-refractivity contribution < 1.29 is 9.90 Å². The zero-order valence-corrected chi connectivity index (χ0v) is 12.3. The van der Waals surface area contributed by atoms with E-state index >= 15 is 0 Å². The molecule has 1 heterocycles. The number of carbonyl (C=O) groups excluding carboxylic acids is 1. The third-order valence-corrected chi connectivity index (χ3v) is 3.91. The molecule has 19 heavy (non-hydrogen) atoms. The summed E-state index contributed by atoms with van der Waals surface area (Å²) in [6.45, 7) is 1.63. The summed E-state index contributed by atoms with van der Waals surface area (Å²) in [5, 5.41) is 9.16. The highest BCUT2D eigenvalue weighted by molar-refractivity contribution is 9.10. The number of aliphatic hydroxyl groups excluding tert-OH is 1. The van der Waals surface area contributed by atoms with Crippen LogP contribution in [0.5, 0.6) is 0 Å². The Kier molecular flexibility index (Phi) is 5.16. The smallest absolute Gasteiger partial charge is 0.246 e. The van der Waals surface area contributed by atoms with Gasteiger partial charge in [0.25, 0.3) is 0 Å². The molecular formula is C15H18BrNO2. The Morgan fingerprint density at radius 1 is 1.42 bits per heavy atom. The van der Waals surface area contributed by atoms with Gasteiger partial charge in [-0.05, 0) is 42.5 Å². The van der Waals surface area contributed by atoms with Crippen molar-refractivity contribution in [1.82, 2.24) is 4.90 Å². The second-order valence-electron chi connectivity index (χ2n) is 4.86. The number of rotatable bonds is 3. The SMILES string of the molecule is O=C(/C=C/c1ccc(Br)cc1)N1CCCC(CO)C1. The van der Waals surface area contributed by atoms with Gasteiger partial charge in [0.05, 0.1) is 0 Å². The van der Waals surface area contributed by atoms with Crippen LogP contribution in [0.2, 0.25) is 0 Å². The fourth-order valence-electron chi connectivity index (χ4n) is 2.26. The number of piperidine rings is 1. The van der Waals surface area contributed by atoms with Crippen molar-refractivity contribution in [2.24, 2.45) is 5.92 Å². The Balaban J connectivity index is 1.94. The van der Waals surface area contributed by atoms with E-state index in [2.05, 4.69) is 15.9 Å². The first kappa shape index (κ1) is 14.3. The second-order valence-corrected chi connectivity index (χ2v) is 5.78. The van der Waals surface area contributed by atoms with E-state index in [1.54, 1.807) is 6.08 Å². The Morgan fingerprint density at radius 2 is 2.16 bits per heavy atom. The zero-order valence-electron chi connectivity index (χ0n) is 10.8. The van der Waals surface area contributed by atoms with Gasteiger partial charge in [-0.2, -0.15) is 0 Å². The van der Waals surface area contributed by atoms with Crippen molar-refractivity contribution in [2.75, 3.05) is 19.7 Å². The number of likely N-dealkylation sites (tertiary alicyclic amines) is 1. The molecule has 0 aromatic heterocycles. The summed E-state index contributed by atoms with van der Waals surface area (Å²) in [5.41, 5.74) is 1.01. The molecule has 0 spiro atoms. The van der Waals surface area contributed by atoms with E-state index in [1.165, 1.54) is 0 Å². The maximum atomic E-state index is 12.0. The molecule has 1 saturated heterocycles. The Bertz CT molecular complexity index is 456. The molecule has 0 bridgehead atoms. The number of amides is 1. The van der Waals surface area contributed by atoms with Crippen LogP contribution in [0.25, 0.3) is 6.08 Å². The van der Waals surface area contributed by atoms with Crippen LogP contribution in [-0.4, -0.2) is 35.6 Å². The molecule has 0 saturated carbocycles. The van der Waals surface area contributed by atoms with Gasteiger partial charge < -0.3 is 10.0 Å². The van der Waals surface area contributed by atoms with Gasteiger partial charge in [-0.1, -0.05) is 28.1 Å². The minimum Gasteiger partial charge on any atom is -0.396 e. The fourth-order valence-corrected chi connectivity index (χ4v) is 2.53. The summed E-state index contributed by atoms with van der Waals surface area (Å²) in [5.74, 6) is 0.264. The second kappa shape index (κ2) is 6.87. The first-order valence-electron chi connectivity index (χ1n) is 6.52. The molecule has 1 atom stereocenters. The molecule has 1 fully saturated rings. The molecule has 1 aliphatic rings. The standard InChI is InChI=1S/C15H18BrNO2/c16-14-6-3-12(4-7-14)5-8-15(19)17-9-1-2-13(10-17)11-18/h3-8,13,18H,1-2,9-11H2/b8-5+. The van der Waals surface area contributed by atoms with Crippen LogP contribution in [-0.2, 0) is 4.79 Å². The summed E-state index contributed by atoms with van der Waals surface area (Å²) in [6, 6.07) is 7.82. The Labute approximate surface area is 122 Å². The molecule has 102 valence electrons. The van der Waals surface area contributed by atoms with Crippen molar-refractivity contribution in [2.45, 2.75) is 12.8 Å². The van der Waals surface area contributed by atoms with Gasteiger partial charge >= 0.3 is 0 Å². The molecule has 1 unspecified atom stereocenters. The normalized spacial score (nSPS) is 19.9. The van der Waals surface area contributed by atoms with E-state index in [9.17, 15) is 4.79 Å². The van der Waals surface area contributed by atoms with E-state index in [0.29, 0.717) is 6.54 Å². The first-order valence-corrected chi connectivity index (χ1v) is 7.32. The zero-order chi connectivity index (χ0) is 13.7. The molecule has 1 aromatic rings. The van der Waals surface area contributed by atoms with E-state index in [1.807, 2.05) is 35.2 Å². The summed E-state index contributed by atoms with van der Waals surface area (Å²) < 4.78 is 1.03. The molecule has 1 N–H and O–H groups in total. The molecule has 4 heteroatoms. The average Bonchev–Trinajstić information content (AvgIpc) is 2.46. The number of nitrogens with zero attached hydrogens (tertiary/aromatic N) is 1. The number of hydrogen-bond acceptors (Lipinski definition) is 2. The van der Waals surface area contributed by atoms with Gasteiger partial charge in [-0.15, -0.1) is 0 Å². The van der Waals surface area contributed by atoms with Gasteiger partial charge in [0.2, 0.25) is 5.91 Å². The summed E-state index contributed by atoms with van der Waals surface area (Å²) in [6.07, 6.45) is 5.43. The van der Waals surface area contributed by atoms with Gasteiger partial charge in [0.1, 0.15) is 0 Å². The minimum atomic E-state index is 0.0288. The largest absolute Gasteiger partial charge is 0.396 e. The van der Waals surface area contributed by atoms with Crippen molar-refractivity contribution in [3.63, 3.8) is 0 Å². The van der Waals surface area contributed by atoms with Crippen molar-refractivity contribution >= 4 is 27.9 Å². The van der Waals surface area contributed by atoms with E-state index in [-0.39, 0.29) is 18.4 Å². The van der Waals surface area contributed by atoms with E-state index in [4.69, 9.17) is 5.11 Å². The Hall–Kier alpha value is -1.13. The predicted molar refractivity (Wildman–Crippen MR) is 79.6 cm³/mol. The molecule has 1 aliphatic heterocycles. The van der Waals surface area contributed by atoms with Crippen LogP contribution in [0.3, 0.4) is 0 Å². The number of halogens is 1. The molecule has 0 radical (unpaired) electrons. The lowest BCUT2D eigenvalue weighted by molar-refractivity contribution is -0.127. The summed E-state index contributed by atoms with van der Waals surface area (Å²) >= 11 is 3.38. The van der Waals surface area contributed by atoms with Gasteiger partial charge in [0.15, 0.2) is 0 Å². The number of carbonyl (C=O) groups is 1. The Morgan fingerprint density at radius 3 is 2.84 bits per heavy atom. The maximum absolute atomic E-state index is 12.0.